The quantitative estimate of drug-likeness (QED) is 0.505. The predicted octanol–water partition coefficient (Wildman–Crippen LogP) is 2.83. The molecule has 0 bridgehead atoms. The molecule has 33 heavy (non-hydrogen) atoms. The Morgan fingerprint density at radius 3 is 2.30 bits per heavy atom. The molecule has 174 valence electrons. The van der Waals surface area contributed by atoms with Gasteiger partial charge in [-0.05, 0) is 36.8 Å². The number of hydrogen-bond donors (Lipinski definition) is 2. The van der Waals surface area contributed by atoms with Crippen LogP contribution < -0.4 is 21.4 Å². The van der Waals surface area contributed by atoms with E-state index >= 15 is 0 Å². The Labute approximate surface area is 186 Å². The summed E-state index contributed by atoms with van der Waals surface area (Å²) in [5.41, 5.74) is 0.508. The highest BCUT2D eigenvalue weighted by Crippen LogP contribution is 2.20. The molecule has 0 aliphatic rings. The summed E-state index contributed by atoms with van der Waals surface area (Å²) in [5.74, 6) is -2.27. The molecular weight excluding hydrogens is 438 g/mol. The maximum absolute atomic E-state index is 13.2. The Hall–Kier alpha value is -4.02. The van der Waals surface area contributed by atoms with Crippen LogP contribution in [0.25, 0.3) is 0 Å². The lowest BCUT2D eigenvalue weighted by Gasteiger charge is -2.17. The van der Waals surface area contributed by atoms with Gasteiger partial charge in [0.25, 0.3) is 0 Å². The van der Waals surface area contributed by atoms with Crippen molar-refractivity contribution in [3.05, 3.63) is 80.6 Å². The van der Waals surface area contributed by atoms with E-state index in [4.69, 9.17) is 5.11 Å². The van der Waals surface area contributed by atoms with Crippen LogP contribution in [0, 0.1) is 12.8 Å². The summed E-state index contributed by atoms with van der Waals surface area (Å²) in [6.07, 6.45) is 0. The van der Waals surface area contributed by atoms with Crippen LogP contribution in [-0.2, 0) is 17.9 Å². The molecule has 0 fully saturated rings. The second kappa shape index (κ2) is 10.1. The molecule has 1 atom stereocenters. The Kier molecular flexibility index (Phi) is 7.21. The average Bonchev–Trinajstić information content (AvgIpc) is 2.76. The molecule has 0 radical (unpaired) electrons. The summed E-state index contributed by atoms with van der Waals surface area (Å²) in [5, 5.41) is 12.0. The molecular formula is C22H22F2N4O5. The summed E-state index contributed by atoms with van der Waals surface area (Å²) in [6.45, 7) is 0.0508. The van der Waals surface area contributed by atoms with Gasteiger partial charge in [0.2, 0.25) is 5.95 Å². The van der Waals surface area contributed by atoms with Crippen LogP contribution >= 0.6 is 0 Å². The minimum absolute atomic E-state index is 0.0568. The second-order valence-electron chi connectivity index (χ2n) is 7.45. The highest BCUT2D eigenvalue weighted by Gasteiger charge is 2.19. The number of aryl methyl sites for hydroxylation is 1. The number of ether oxygens (including phenoxy) is 1. The van der Waals surface area contributed by atoms with E-state index in [2.05, 4.69) is 15.0 Å². The van der Waals surface area contributed by atoms with Crippen molar-refractivity contribution >= 4 is 17.6 Å². The number of alkyl halides is 2. The van der Waals surface area contributed by atoms with Gasteiger partial charge in [-0.25, -0.2) is 14.2 Å². The third kappa shape index (κ3) is 6.03. The SMILES string of the molecule is Cc1ccc(Cn2c(Nc3ccc(OC(F)F)cc3)nc(=O)n(C[C@H](C)C(=O)O)c2=O)cc1. The molecule has 3 aromatic rings. The summed E-state index contributed by atoms with van der Waals surface area (Å²) in [4.78, 5) is 40.9. The molecule has 2 aromatic carbocycles. The van der Waals surface area contributed by atoms with E-state index in [0.29, 0.717) is 5.69 Å². The number of benzene rings is 2. The number of rotatable bonds is 9. The third-order valence-electron chi connectivity index (χ3n) is 4.82. The highest BCUT2D eigenvalue weighted by molar-refractivity contribution is 5.69. The molecule has 0 spiro atoms. The number of anilines is 2. The van der Waals surface area contributed by atoms with Crippen molar-refractivity contribution < 1.29 is 23.4 Å². The first-order valence-corrected chi connectivity index (χ1v) is 9.96. The fraction of sp³-hybridized carbons (Fsp3) is 0.273. The zero-order valence-corrected chi connectivity index (χ0v) is 17.9. The summed E-state index contributed by atoms with van der Waals surface area (Å²) in [7, 11) is 0. The number of carbonyl (C=O) groups is 1. The van der Waals surface area contributed by atoms with Gasteiger partial charge < -0.3 is 15.2 Å². The van der Waals surface area contributed by atoms with E-state index in [1.54, 1.807) is 0 Å². The first-order chi connectivity index (χ1) is 15.6. The predicted molar refractivity (Wildman–Crippen MR) is 116 cm³/mol. The van der Waals surface area contributed by atoms with E-state index in [0.717, 1.165) is 15.7 Å². The smallest absolute Gasteiger partial charge is 0.387 e. The van der Waals surface area contributed by atoms with Crippen LogP contribution in [0.5, 0.6) is 5.75 Å². The Morgan fingerprint density at radius 2 is 1.73 bits per heavy atom. The van der Waals surface area contributed by atoms with Gasteiger partial charge in [-0.2, -0.15) is 13.8 Å². The standard InChI is InChI=1S/C22H22F2N4O5/c1-13-3-5-15(6-4-13)12-27-20(25-16-7-9-17(10-8-16)33-19(23)24)26-21(31)28(22(27)32)11-14(2)18(29)30/h3-10,14,19H,11-12H2,1-2H3,(H,29,30)(H,25,26,31)/t14-/m0/s1. The number of hydrogen-bond acceptors (Lipinski definition) is 6. The van der Waals surface area contributed by atoms with E-state index in [1.165, 1.54) is 35.8 Å². The van der Waals surface area contributed by atoms with E-state index in [1.807, 2.05) is 31.2 Å². The van der Waals surface area contributed by atoms with Gasteiger partial charge in [0, 0.05) is 12.2 Å². The third-order valence-corrected chi connectivity index (χ3v) is 4.82. The van der Waals surface area contributed by atoms with Crippen LogP contribution in [0.3, 0.4) is 0 Å². The zero-order chi connectivity index (χ0) is 24.1. The lowest BCUT2D eigenvalue weighted by Crippen LogP contribution is -2.44. The molecule has 1 aromatic heterocycles. The van der Waals surface area contributed by atoms with Crippen LogP contribution in [0.4, 0.5) is 20.4 Å². The fourth-order valence-electron chi connectivity index (χ4n) is 3.00. The van der Waals surface area contributed by atoms with E-state index < -0.39 is 29.9 Å². The highest BCUT2D eigenvalue weighted by atomic mass is 19.3. The van der Waals surface area contributed by atoms with Gasteiger partial charge in [-0.1, -0.05) is 36.8 Å². The van der Waals surface area contributed by atoms with Crippen molar-refractivity contribution in [2.24, 2.45) is 5.92 Å². The fourth-order valence-corrected chi connectivity index (χ4v) is 3.00. The number of aromatic nitrogens is 3. The van der Waals surface area contributed by atoms with Gasteiger partial charge in [0.05, 0.1) is 12.5 Å². The normalized spacial score (nSPS) is 11.9. The summed E-state index contributed by atoms with van der Waals surface area (Å²) < 4.78 is 31.0. The van der Waals surface area contributed by atoms with Crippen molar-refractivity contribution in [3.8, 4) is 5.75 Å². The first-order valence-electron chi connectivity index (χ1n) is 9.96. The van der Waals surface area contributed by atoms with E-state index in [-0.39, 0.29) is 24.8 Å². The van der Waals surface area contributed by atoms with Crippen LogP contribution in [0.2, 0.25) is 0 Å². The Balaban J connectivity index is 2.02. The van der Waals surface area contributed by atoms with Gasteiger partial charge in [0.15, 0.2) is 0 Å². The molecule has 0 unspecified atom stereocenters. The van der Waals surface area contributed by atoms with Crippen molar-refractivity contribution in [1.29, 1.82) is 0 Å². The van der Waals surface area contributed by atoms with Crippen LogP contribution in [-0.4, -0.2) is 31.8 Å². The minimum Gasteiger partial charge on any atom is -0.481 e. The molecule has 11 heteroatoms. The number of halogens is 2. The monoisotopic (exact) mass is 460 g/mol. The van der Waals surface area contributed by atoms with Crippen molar-refractivity contribution in [3.63, 3.8) is 0 Å². The average molecular weight is 460 g/mol. The second-order valence-corrected chi connectivity index (χ2v) is 7.45. The van der Waals surface area contributed by atoms with Crippen molar-refractivity contribution in [1.82, 2.24) is 14.1 Å². The molecule has 0 aliphatic heterocycles. The molecule has 2 N–H and O–H groups in total. The molecule has 0 saturated heterocycles. The van der Waals surface area contributed by atoms with Gasteiger partial charge in [-0.15, -0.1) is 0 Å². The summed E-state index contributed by atoms with van der Waals surface area (Å²) in [6, 6.07) is 12.8. The Bertz CT molecular complexity index is 1240. The number of carboxylic acid groups (broad SMARTS) is 1. The largest absolute Gasteiger partial charge is 0.481 e. The van der Waals surface area contributed by atoms with E-state index in [9.17, 15) is 23.2 Å². The first kappa shape index (κ1) is 23.6. The molecule has 1 heterocycles. The number of nitrogens with one attached hydrogen (secondary N) is 1. The molecule has 0 saturated carbocycles. The number of nitrogens with zero attached hydrogens (tertiary/aromatic N) is 3. The zero-order valence-electron chi connectivity index (χ0n) is 17.9. The van der Waals surface area contributed by atoms with Gasteiger partial charge in [-0.3, -0.25) is 9.36 Å². The molecule has 0 amide bonds. The Morgan fingerprint density at radius 1 is 1.09 bits per heavy atom. The lowest BCUT2D eigenvalue weighted by molar-refractivity contribution is -0.141. The topological polar surface area (TPSA) is 115 Å². The number of carboxylic acids is 1. The van der Waals surface area contributed by atoms with Crippen LogP contribution in [0.15, 0.2) is 58.1 Å². The summed E-state index contributed by atoms with van der Waals surface area (Å²) >= 11 is 0. The maximum Gasteiger partial charge on any atom is 0.387 e. The molecule has 9 nitrogen and oxygen atoms in total. The lowest BCUT2D eigenvalue weighted by atomic mass is 10.1. The molecule has 3 rings (SSSR count). The van der Waals surface area contributed by atoms with Gasteiger partial charge in [0.1, 0.15) is 5.75 Å². The minimum atomic E-state index is -2.97. The van der Waals surface area contributed by atoms with Crippen molar-refractivity contribution in [2.75, 3.05) is 5.32 Å². The molecule has 0 aliphatic carbocycles. The van der Waals surface area contributed by atoms with Gasteiger partial charge >= 0.3 is 24.0 Å². The van der Waals surface area contributed by atoms with Crippen molar-refractivity contribution in [2.45, 2.75) is 33.5 Å². The number of aliphatic carboxylic acids is 1. The van der Waals surface area contributed by atoms with Crippen LogP contribution in [0.1, 0.15) is 18.1 Å². The maximum atomic E-state index is 13.2.